The van der Waals surface area contributed by atoms with Gasteiger partial charge in [0.15, 0.2) is 0 Å². The number of nitro benzene ring substituents is 1. The Balaban J connectivity index is 2.36. The minimum absolute atomic E-state index is 0.0842. The highest BCUT2D eigenvalue weighted by atomic mass is 32.2. The molecule has 0 aromatic heterocycles. The zero-order valence-electron chi connectivity index (χ0n) is 15.8. The maximum atomic E-state index is 12.9. The van der Waals surface area contributed by atoms with E-state index in [1.165, 1.54) is 46.9 Å². The lowest BCUT2D eigenvalue weighted by atomic mass is 10.1. The van der Waals surface area contributed by atoms with Crippen molar-refractivity contribution in [3.05, 3.63) is 63.7 Å². The van der Waals surface area contributed by atoms with E-state index in [9.17, 15) is 23.3 Å². The summed E-state index contributed by atoms with van der Waals surface area (Å²) in [6.07, 6.45) is 1.38. The molecule has 0 spiro atoms. The number of carbonyl (C=O) groups is 1. The Labute approximate surface area is 167 Å². The van der Waals surface area contributed by atoms with E-state index in [1.807, 2.05) is 0 Å². The quantitative estimate of drug-likeness (QED) is 0.361. The van der Waals surface area contributed by atoms with Crippen LogP contribution < -0.4 is 5.43 Å². The number of anilines is 1. The molecule has 0 saturated heterocycles. The number of carboxylic acids is 1. The fraction of sp³-hybridized carbons (Fsp3) is 0.222. The van der Waals surface area contributed by atoms with Crippen LogP contribution in [0.2, 0.25) is 0 Å². The molecule has 0 aliphatic rings. The molecule has 0 amide bonds. The summed E-state index contributed by atoms with van der Waals surface area (Å²) >= 11 is 0. The first-order chi connectivity index (χ1) is 13.7. The van der Waals surface area contributed by atoms with Crippen LogP contribution in [0, 0.1) is 10.1 Å². The van der Waals surface area contributed by atoms with Gasteiger partial charge in [-0.15, -0.1) is 0 Å². The number of non-ortho nitro benzene ring substituents is 1. The van der Waals surface area contributed by atoms with Gasteiger partial charge in [0.25, 0.3) is 5.69 Å². The van der Waals surface area contributed by atoms with Crippen molar-refractivity contribution >= 4 is 33.6 Å². The lowest BCUT2D eigenvalue weighted by molar-refractivity contribution is -0.385. The van der Waals surface area contributed by atoms with Gasteiger partial charge in [-0.2, -0.15) is 9.41 Å². The molecule has 0 aliphatic carbocycles. The number of nitrogens with one attached hydrogen (secondary N) is 1. The van der Waals surface area contributed by atoms with Gasteiger partial charge in [0.1, 0.15) is 4.90 Å². The standard InChI is InChI=1S/C18H20N4O6S/c1-3-21(4-2)29(27,28)17-11-15(22(25)26)9-10-16(17)20-19-12-13-5-7-14(8-6-13)18(23)24/h5-12,20H,3-4H2,1-2H3,(H,23,24)/b19-12-. The molecule has 154 valence electrons. The predicted octanol–water partition coefficient (Wildman–Crippen LogP) is 2.77. The Morgan fingerprint density at radius 2 is 1.83 bits per heavy atom. The van der Waals surface area contributed by atoms with Crippen LogP contribution >= 0.6 is 0 Å². The van der Waals surface area contributed by atoms with Gasteiger partial charge in [0.2, 0.25) is 10.0 Å². The van der Waals surface area contributed by atoms with E-state index in [2.05, 4.69) is 10.5 Å². The molecule has 0 unspecified atom stereocenters. The highest BCUT2D eigenvalue weighted by molar-refractivity contribution is 7.89. The Bertz CT molecular complexity index is 1030. The maximum absolute atomic E-state index is 12.9. The summed E-state index contributed by atoms with van der Waals surface area (Å²) in [6.45, 7) is 3.76. The fourth-order valence-electron chi connectivity index (χ4n) is 2.52. The molecular weight excluding hydrogens is 400 g/mol. The minimum atomic E-state index is -3.97. The molecule has 2 aromatic carbocycles. The second-order valence-electron chi connectivity index (χ2n) is 5.82. The Hall–Kier alpha value is -3.31. The van der Waals surface area contributed by atoms with Gasteiger partial charge in [-0.1, -0.05) is 26.0 Å². The van der Waals surface area contributed by atoms with Crippen LogP contribution in [0.3, 0.4) is 0 Å². The van der Waals surface area contributed by atoms with Gasteiger partial charge in [0.05, 0.1) is 22.4 Å². The summed E-state index contributed by atoms with van der Waals surface area (Å²) in [4.78, 5) is 21.0. The number of carboxylic acid groups (broad SMARTS) is 1. The SMILES string of the molecule is CCN(CC)S(=O)(=O)c1cc([N+](=O)[O-])ccc1N/N=C\c1ccc(C(=O)O)cc1. The largest absolute Gasteiger partial charge is 0.478 e. The first kappa shape index (κ1) is 22.0. The van der Waals surface area contributed by atoms with Crippen LogP contribution in [0.15, 0.2) is 52.5 Å². The molecule has 0 heterocycles. The number of benzene rings is 2. The van der Waals surface area contributed by atoms with Crippen molar-refractivity contribution in [2.45, 2.75) is 18.7 Å². The summed E-state index contributed by atoms with van der Waals surface area (Å²) < 4.78 is 26.9. The van der Waals surface area contributed by atoms with Gasteiger partial charge < -0.3 is 5.11 Å². The van der Waals surface area contributed by atoms with Crippen LogP contribution in [0.4, 0.5) is 11.4 Å². The van der Waals surface area contributed by atoms with Crippen LogP contribution in [0.5, 0.6) is 0 Å². The number of nitrogens with zero attached hydrogens (tertiary/aromatic N) is 3. The second kappa shape index (κ2) is 9.26. The topological polar surface area (TPSA) is 142 Å². The number of hydrazone groups is 1. The number of hydrogen-bond acceptors (Lipinski definition) is 7. The summed E-state index contributed by atoms with van der Waals surface area (Å²) in [6, 6.07) is 9.35. The molecule has 2 N–H and O–H groups in total. The van der Waals surface area contributed by atoms with Crippen molar-refractivity contribution in [1.29, 1.82) is 0 Å². The zero-order chi connectivity index (χ0) is 21.6. The van der Waals surface area contributed by atoms with Crippen molar-refractivity contribution in [2.75, 3.05) is 18.5 Å². The molecule has 0 aliphatic heterocycles. The summed E-state index contributed by atoms with van der Waals surface area (Å²) in [5, 5.41) is 24.0. The lowest BCUT2D eigenvalue weighted by Gasteiger charge is -2.20. The van der Waals surface area contributed by atoms with Crippen LogP contribution in [-0.4, -0.2) is 48.0 Å². The molecule has 29 heavy (non-hydrogen) atoms. The van der Waals surface area contributed by atoms with E-state index in [4.69, 9.17) is 5.11 Å². The van der Waals surface area contributed by atoms with E-state index in [1.54, 1.807) is 13.8 Å². The number of rotatable bonds is 9. The average Bonchev–Trinajstić information content (AvgIpc) is 2.69. The fourth-order valence-corrected chi connectivity index (χ4v) is 4.14. The molecule has 0 radical (unpaired) electrons. The van der Waals surface area contributed by atoms with Crippen molar-refractivity contribution in [3.63, 3.8) is 0 Å². The van der Waals surface area contributed by atoms with E-state index < -0.39 is 20.9 Å². The molecule has 0 atom stereocenters. The van der Waals surface area contributed by atoms with Crippen LogP contribution in [0.1, 0.15) is 29.8 Å². The Kier molecular flexibility index (Phi) is 7.02. The third-order valence-electron chi connectivity index (χ3n) is 4.06. The van der Waals surface area contributed by atoms with Crippen LogP contribution in [-0.2, 0) is 10.0 Å². The summed E-state index contributed by atoms with van der Waals surface area (Å²) in [5.41, 5.74) is 3.04. The highest BCUT2D eigenvalue weighted by Crippen LogP contribution is 2.29. The number of sulfonamides is 1. The molecule has 2 aromatic rings. The van der Waals surface area contributed by atoms with Gasteiger partial charge in [-0.25, -0.2) is 13.2 Å². The zero-order valence-corrected chi connectivity index (χ0v) is 16.6. The molecule has 10 nitrogen and oxygen atoms in total. The van der Waals surface area contributed by atoms with Crippen LogP contribution in [0.25, 0.3) is 0 Å². The molecule has 11 heteroatoms. The number of nitro groups is 1. The molecule has 0 saturated carbocycles. The molecule has 0 bridgehead atoms. The third kappa shape index (κ3) is 5.15. The lowest BCUT2D eigenvalue weighted by Crippen LogP contribution is -2.31. The molecular formula is C18H20N4O6S. The monoisotopic (exact) mass is 420 g/mol. The molecule has 2 rings (SSSR count). The van der Waals surface area contributed by atoms with Gasteiger partial charge in [-0.05, 0) is 23.8 Å². The predicted molar refractivity (Wildman–Crippen MR) is 108 cm³/mol. The van der Waals surface area contributed by atoms with E-state index in [-0.39, 0.29) is 34.9 Å². The number of aromatic carboxylic acids is 1. The average molecular weight is 420 g/mol. The van der Waals surface area contributed by atoms with Crippen molar-refractivity contribution in [3.8, 4) is 0 Å². The third-order valence-corrected chi connectivity index (χ3v) is 6.15. The minimum Gasteiger partial charge on any atom is -0.478 e. The Morgan fingerprint density at radius 3 is 2.34 bits per heavy atom. The highest BCUT2D eigenvalue weighted by Gasteiger charge is 2.27. The normalized spacial score (nSPS) is 11.7. The van der Waals surface area contributed by atoms with E-state index in [0.29, 0.717) is 5.56 Å². The Morgan fingerprint density at radius 1 is 1.21 bits per heavy atom. The first-order valence-electron chi connectivity index (χ1n) is 8.61. The van der Waals surface area contributed by atoms with Gasteiger partial charge >= 0.3 is 5.97 Å². The van der Waals surface area contributed by atoms with Gasteiger partial charge in [-0.3, -0.25) is 15.5 Å². The first-order valence-corrected chi connectivity index (χ1v) is 10.1. The number of hydrogen-bond donors (Lipinski definition) is 2. The van der Waals surface area contributed by atoms with Crippen molar-refractivity contribution in [2.24, 2.45) is 5.10 Å². The maximum Gasteiger partial charge on any atom is 0.335 e. The van der Waals surface area contributed by atoms with Crippen molar-refractivity contribution < 1.29 is 23.2 Å². The summed E-state index contributed by atoms with van der Waals surface area (Å²) in [7, 11) is -3.97. The van der Waals surface area contributed by atoms with E-state index in [0.717, 1.165) is 6.07 Å². The summed E-state index contributed by atoms with van der Waals surface area (Å²) in [5.74, 6) is -1.05. The smallest absolute Gasteiger partial charge is 0.335 e. The molecule has 0 fully saturated rings. The van der Waals surface area contributed by atoms with Gasteiger partial charge in [0, 0.05) is 25.2 Å². The van der Waals surface area contributed by atoms with Crippen molar-refractivity contribution in [1.82, 2.24) is 4.31 Å². The van der Waals surface area contributed by atoms with E-state index >= 15 is 0 Å². The second-order valence-corrected chi connectivity index (χ2v) is 7.73.